The summed E-state index contributed by atoms with van der Waals surface area (Å²) in [4.78, 5) is 11.5. The van der Waals surface area contributed by atoms with E-state index in [0.29, 0.717) is 0 Å². The Morgan fingerprint density at radius 3 is 2.84 bits per heavy atom. The summed E-state index contributed by atoms with van der Waals surface area (Å²) in [7, 11) is 0. The molecule has 0 bridgehead atoms. The van der Waals surface area contributed by atoms with Crippen molar-refractivity contribution in [2.45, 2.75) is 19.5 Å². The maximum atomic E-state index is 5.34. The summed E-state index contributed by atoms with van der Waals surface area (Å²) in [6, 6.07) is 0. The quantitative estimate of drug-likeness (QED) is 0.876. The average molecular weight is 307 g/mol. The summed E-state index contributed by atoms with van der Waals surface area (Å²) in [6.07, 6.45) is 3.00. The lowest BCUT2D eigenvalue weighted by Gasteiger charge is -2.26. The maximum Gasteiger partial charge on any atom is 0.142 e. The fourth-order valence-corrected chi connectivity index (χ4v) is 2.31. The minimum Gasteiger partial charge on any atom is -0.379 e. The monoisotopic (exact) mass is 306 g/mol. The Morgan fingerprint density at radius 1 is 1.26 bits per heavy atom. The Morgan fingerprint density at radius 2 is 2.05 bits per heavy atom. The number of ether oxygens (including phenoxy) is 1. The largest absolute Gasteiger partial charge is 0.379 e. The molecule has 0 saturated carbocycles. The van der Waals surface area contributed by atoms with Gasteiger partial charge in [0.25, 0.3) is 0 Å². The van der Waals surface area contributed by atoms with Gasteiger partial charge < -0.3 is 10.1 Å². The van der Waals surface area contributed by atoms with E-state index in [-0.39, 0.29) is 24.8 Å². The number of hydrogen-bond donors (Lipinski definition) is 1. The van der Waals surface area contributed by atoms with Gasteiger partial charge in [0, 0.05) is 50.1 Å². The standard InChI is InChI=1S/C12H18N4O.2ClH/c1-2-13-7-10-8-14-12(15-11(1)10)9-16-3-5-17-6-4-16;;/h8,13H,1-7,9H2;2*1H. The van der Waals surface area contributed by atoms with Crippen LogP contribution in [0.5, 0.6) is 0 Å². The molecule has 1 saturated heterocycles. The zero-order valence-corrected chi connectivity index (χ0v) is 12.4. The predicted octanol–water partition coefficient (Wildman–Crippen LogP) is 0.798. The van der Waals surface area contributed by atoms with Crippen molar-refractivity contribution in [1.82, 2.24) is 20.2 Å². The Kier molecular flexibility index (Phi) is 6.96. The second-order valence-electron chi connectivity index (χ2n) is 4.57. The van der Waals surface area contributed by atoms with Gasteiger partial charge in [0.2, 0.25) is 0 Å². The molecule has 0 atom stereocenters. The number of nitrogens with zero attached hydrogens (tertiary/aromatic N) is 3. The fraction of sp³-hybridized carbons (Fsp3) is 0.667. The minimum atomic E-state index is 0. The van der Waals surface area contributed by atoms with E-state index < -0.39 is 0 Å². The third-order valence-corrected chi connectivity index (χ3v) is 3.33. The van der Waals surface area contributed by atoms with Gasteiger partial charge >= 0.3 is 0 Å². The first-order valence-corrected chi connectivity index (χ1v) is 6.26. The van der Waals surface area contributed by atoms with E-state index in [0.717, 1.165) is 58.2 Å². The molecule has 0 unspecified atom stereocenters. The molecule has 1 aromatic rings. The third-order valence-electron chi connectivity index (χ3n) is 3.33. The van der Waals surface area contributed by atoms with Gasteiger partial charge in [-0.3, -0.25) is 4.90 Å². The first kappa shape index (κ1) is 16.6. The Balaban J connectivity index is 0.000000902. The van der Waals surface area contributed by atoms with E-state index in [1.807, 2.05) is 6.20 Å². The predicted molar refractivity (Wildman–Crippen MR) is 78.0 cm³/mol. The summed E-state index contributed by atoms with van der Waals surface area (Å²) < 4.78 is 5.34. The second kappa shape index (κ2) is 7.97. The van der Waals surface area contributed by atoms with Gasteiger partial charge in [-0.05, 0) is 0 Å². The number of nitrogens with one attached hydrogen (secondary N) is 1. The van der Waals surface area contributed by atoms with Crippen LogP contribution in [0.2, 0.25) is 0 Å². The number of fused-ring (bicyclic) bond motifs is 1. The topological polar surface area (TPSA) is 50.3 Å². The minimum absolute atomic E-state index is 0. The zero-order valence-electron chi connectivity index (χ0n) is 10.8. The Hall–Kier alpha value is -0.460. The van der Waals surface area contributed by atoms with E-state index in [1.54, 1.807) is 0 Å². The molecule has 3 heterocycles. The number of halogens is 2. The molecule has 1 N–H and O–H groups in total. The van der Waals surface area contributed by atoms with Crippen LogP contribution in [0.25, 0.3) is 0 Å². The van der Waals surface area contributed by atoms with Gasteiger partial charge in [-0.15, -0.1) is 24.8 Å². The van der Waals surface area contributed by atoms with E-state index in [9.17, 15) is 0 Å². The van der Waals surface area contributed by atoms with Crippen LogP contribution in [-0.4, -0.2) is 47.7 Å². The van der Waals surface area contributed by atoms with Crippen LogP contribution in [-0.2, 0) is 24.2 Å². The molecule has 3 rings (SSSR count). The molecule has 19 heavy (non-hydrogen) atoms. The van der Waals surface area contributed by atoms with Crippen molar-refractivity contribution in [3.05, 3.63) is 23.3 Å². The lowest BCUT2D eigenvalue weighted by molar-refractivity contribution is 0.0330. The summed E-state index contributed by atoms with van der Waals surface area (Å²) >= 11 is 0. The molecule has 2 aliphatic rings. The van der Waals surface area contributed by atoms with Crippen LogP contribution < -0.4 is 5.32 Å². The first-order chi connectivity index (χ1) is 8.42. The van der Waals surface area contributed by atoms with Crippen LogP contribution in [0.4, 0.5) is 0 Å². The summed E-state index contributed by atoms with van der Waals surface area (Å²) in [5, 5.41) is 3.33. The molecule has 2 aliphatic heterocycles. The number of aromatic nitrogens is 2. The molecule has 0 aromatic carbocycles. The highest BCUT2D eigenvalue weighted by Crippen LogP contribution is 2.11. The van der Waals surface area contributed by atoms with Crippen LogP contribution in [0.15, 0.2) is 6.20 Å². The van der Waals surface area contributed by atoms with Crippen molar-refractivity contribution in [1.29, 1.82) is 0 Å². The molecular weight excluding hydrogens is 287 g/mol. The number of hydrogen-bond acceptors (Lipinski definition) is 5. The summed E-state index contributed by atoms with van der Waals surface area (Å²) in [5.74, 6) is 0.951. The first-order valence-electron chi connectivity index (χ1n) is 6.26. The molecule has 0 amide bonds. The van der Waals surface area contributed by atoms with Crippen molar-refractivity contribution in [2.24, 2.45) is 0 Å². The summed E-state index contributed by atoms with van der Waals surface area (Å²) in [5.41, 5.74) is 2.48. The van der Waals surface area contributed by atoms with E-state index >= 15 is 0 Å². The molecule has 1 aromatic heterocycles. The molecule has 1 fully saturated rings. The number of rotatable bonds is 2. The third kappa shape index (κ3) is 4.26. The Bertz CT molecular complexity index is 399. The summed E-state index contributed by atoms with van der Waals surface area (Å²) in [6.45, 7) is 6.42. The molecule has 0 radical (unpaired) electrons. The molecule has 5 nitrogen and oxygen atoms in total. The van der Waals surface area contributed by atoms with Crippen molar-refractivity contribution in [3.8, 4) is 0 Å². The zero-order chi connectivity index (χ0) is 11.5. The van der Waals surface area contributed by atoms with Crippen molar-refractivity contribution < 1.29 is 4.74 Å². The molecule has 0 spiro atoms. The highest BCUT2D eigenvalue weighted by Gasteiger charge is 2.15. The lowest BCUT2D eigenvalue weighted by Crippen LogP contribution is -2.36. The number of morpholine rings is 1. The lowest BCUT2D eigenvalue weighted by atomic mass is 10.1. The normalized spacial score (nSPS) is 18.9. The molecule has 0 aliphatic carbocycles. The second-order valence-corrected chi connectivity index (χ2v) is 4.57. The van der Waals surface area contributed by atoms with Crippen molar-refractivity contribution in [3.63, 3.8) is 0 Å². The Labute approximate surface area is 126 Å². The molecule has 7 heteroatoms. The van der Waals surface area contributed by atoms with Gasteiger partial charge in [-0.2, -0.15) is 0 Å². The van der Waals surface area contributed by atoms with Crippen LogP contribution in [0.1, 0.15) is 17.1 Å². The maximum absolute atomic E-state index is 5.34. The van der Waals surface area contributed by atoms with E-state index in [4.69, 9.17) is 4.74 Å². The molecular formula is C12H20Cl2N4O. The van der Waals surface area contributed by atoms with Crippen molar-refractivity contribution in [2.75, 3.05) is 32.8 Å². The SMILES string of the molecule is Cl.Cl.c1nc(CN2CCOCC2)nc2c1CNCC2. The van der Waals surface area contributed by atoms with Gasteiger partial charge in [0.05, 0.1) is 19.8 Å². The van der Waals surface area contributed by atoms with E-state index in [2.05, 4.69) is 20.2 Å². The van der Waals surface area contributed by atoms with Gasteiger partial charge in [-0.1, -0.05) is 0 Å². The highest BCUT2D eigenvalue weighted by atomic mass is 35.5. The van der Waals surface area contributed by atoms with E-state index in [1.165, 1.54) is 11.3 Å². The van der Waals surface area contributed by atoms with Gasteiger partial charge in [-0.25, -0.2) is 9.97 Å². The van der Waals surface area contributed by atoms with Gasteiger partial charge in [0.15, 0.2) is 0 Å². The van der Waals surface area contributed by atoms with Crippen molar-refractivity contribution >= 4 is 24.8 Å². The fourth-order valence-electron chi connectivity index (χ4n) is 2.31. The smallest absolute Gasteiger partial charge is 0.142 e. The molecule has 108 valence electrons. The van der Waals surface area contributed by atoms with Crippen LogP contribution >= 0.6 is 24.8 Å². The van der Waals surface area contributed by atoms with Gasteiger partial charge in [0.1, 0.15) is 5.82 Å². The van der Waals surface area contributed by atoms with Crippen LogP contribution in [0.3, 0.4) is 0 Å². The van der Waals surface area contributed by atoms with Crippen LogP contribution in [0, 0.1) is 0 Å². The highest BCUT2D eigenvalue weighted by molar-refractivity contribution is 5.85. The average Bonchev–Trinajstić information content (AvgIpc) is 2.40.